The van der Waals surface area contributed by atoms with Crippen LogP contribution in [0.25, 0.3) is 27.8 Å². The highest BCUT2D eigenvalue weighted by Crippen LogP contribution is 2.26. The summed E-state index contributed by atoms with van der Waals surface area (Å²) in [6.07, 6.45) is 3.34. The largest absolute Gasteiger partial charge is 0.397 e. The minimum atomic E-state index is -0.265. The lowest BCUT2D eigenvalue weighted by molar-refractivity contribution is 0.593. The fraction of sp³-hybridized carbons (Fsp3) is 0.0909. The quantitative estimate of drug-likeness (QED) is 0.483. The van der Waals surface area contributed by atoms with E-state index in [0.717, 1.165) is 16.7 Å². The maximum atomic E-state index is 13.4. The molecule has 0 fully saturated rings. The van der Waals surface area contributed by atoms with Crippen molar-refractivity contribution < 1.29 is 0 Å². The molecular weight excluding hydrogens is 364 g/mol. The van der Waals surface area contributed by atoms with Crippen molar-refractivity contribution in [2.24, 2.45) is 0 Å². The van der Waals surface area contributed by atoms with E-state index in [1.165, 1.54) is 0 Å². The fourth-order valence-corrected chi connectivity index (χ4v) is 3.65. The Morgan fingerprint density at radius 3 is 2.59 bits per heavy atom. The van der Waals surface area contributed by atoms with Crippen molar-refractivity contribution in [3.63, 3.8) is 0 Å². The predicted octanol–water partition coefficient (Wildman–Crippen LogP) is 3.32. The molecule has 7 heteroatoms. The average Bonchev–Trinajstić information content (AvgIpc) is 3.19. The van der Waals surface area contributed by atoms with Gasteiger partial charge in [0.2, 0.25) is 0 Å². The van der Waals surface area contributed by atoms with Gasteiger partial charge < -0.3 is 10.3 Å². The van der Waals surface area contributed by atoms with E-state index in [1.807, 2.05) is 60.0 Å². The number of imidazole rings is 1. The lowest BCUT2D eigenvalue weighted by Gasteiger charge is -2.20. The van der Waals surface area contributed by atoms with E-state index < -0.39 is 0 Å². The molecule has 3 heterocycles. The Balaban J connectivity index is 1.81. The number of aromatic nitrogens is 5. The highest BCUT2D eigenvalue weighted by Gasteiger charge is 2.21. The minimum absolute atomic E-state index is 0.201. The summed E-state index contributed by atoms with van der Waals surface area (Å²) in [7, 11) is 0. The van der Waals surface area contributed by atoms with Crippen molar-refractivity contribution in [2.75, 3.05) is 5.73 Å². The van der Waals surface area contributed by atoms with Crippen LogP contribution in [0.3, 0.4) is 0 Å². The molecule has 0 saturated heterocycles. The summed E-state index contributed by atoms with van der Waals surface area (Å²) in [6, 6.07) is 18.5. The molecule has 29 heavy (non-hydrogen) atoms. The van der Waals surface area contributed by atoms with Gasteiger partial charge in [0.1, 0.15) is 11.3 Å². The fourth-order valence-electron chi connectivity index (χ4n) is 3.65. The lowest BCUT2D eigenvalue weighted by Crippen LogP contribution is -2.27. The lowest BCUT2D eigenvalue weighted by atomic mass is 10.2. The number of nitrogens with zero attached hydrogens (tertiary/aromatic N) is 5. The van der Waals surface area contributed by atoms with Crippen LogP contribution in [0.5, 0.6) is 0 Å². The molecule has 0 aliphatic heterocycles. The first-order chi connectivity index (χ1) is 14.1. The van der Waals surface area contributed by atoms with Gasteiger partial charge in [-0.1, -0.05) is 24.3 Å². The molecule has 5 aromatic rings. The maximum absolute atomic E-state index is 13.4. The SMILES string of the molecule is CC(c1nc2cccnc2c(=O)n1-c1ccccc1)n1cnc2c(N)cccc21. The third kappa shape index (κ3) is 2.67. The molecule has 1 atom stereocenters. The van der Waals surface area contributed by atoms with Crippen LogP contribution in [0.4, 0.5) is 5.69 Å². The molecule has 0 spiro atoms. The molecule has 2 N–H and O–H groups in total. The van der Waals surface area contributed by atoms with Crippen molar-refractivity contribution in [3.8, 4) is 5.69 Å². The van der Waals surface area contributed by atoms with Crippen LogP contribution in [-0.2, 0) is 0 Å². The second-order valence-corrected chi connectivity index (χ2v) is 6.86. The highest BCUT2D eigenvalue weighted by atomic mass is 16.1. The summed E-state index contributed by atoms with van der Waals surface area (Å²) in [5.74, 6) is 0.600. The van der Waals surface area contributed by atoms with Crippen LogP contribution in [0, 0.1) is 0 Å². The Morgan fingerprint density at radius 1 is 0.931 bits per heavy atom. The molecule has 5 rings (SSSR count). The first kappa shape index (κ1) is 17.1. The van der Waals surface area contributed by atoms with Crippen molar-refractivity contribution in [1.82, 2.24) is 24.1 Å². The Bertz CT molecular complexity index is 1400. The second-order valence-electron chi connectivity index (χ2n) is 6.86. The predicted molar refractivity (Wildman–Crippen MR) is 113 cm³/mol. The van der Waals surface area contributed by atoms with Gasteiger partial charge in [-0.05, 0) is 43.3 Å². The van der Waals surface area contributed by atoms with E-state index in [-0.39, 0.29) is 11.6 Å². The van der Waals surface area contributed by atoms with Gasteiger partial charge in [0.15, 0.2) is 5.52 Å². The van der Waals surface area contributed by atoms with Gasteiger partial charge in [0.25, 0.3) is 5.56 Å². The van der Waals surface area contributed by atoms with Gasteiger partial charge >= 0.3 is 0 Å². The Morgan fingerprint density at radius 2 is 1.76 bits per heavy atom. The molecule has 3 aromatic heterocycles. The van der Waals surface area contributed by atoms with E-state index >= 15 is 0 Å². The summed E-state index contributed by atoms with van der Waals surface area (Å²) >= 11 is 0. The van der Waals surface area contributed by atoms with Gasteiger partial charge in [-0.2, -0.15) is 0 Å². The number of fused-ring (bicyclic) bond motifs is 2. The summed E-state index contributed by atoms with van der Waals surface area (Å²) in [6.45, 7) is 1.99. The Kier molecular flexibility index (Phi) is 3.87. The second kappa shape index (κ2) is 6.56. The molecule has 142 valence electrons. The zero-order chi connectivity index (χ0) is 20.0. The van der Waals surface area contributed by atoms with Crippen LogP contribution in [0.15, 0.2) is 78.0 Å². The normalized spacial score (nSPS) is 12.4. The van der Waals surface area contributed by atoms with Crippen molar-refractivity contribution in [1.29, 1.82) is 0 Å². The number of nitrogen functional groups attached to an aromatic ring is 1. The molecule has 0 saturated carbocycles. The Hall–Kier alpha value is -4.00. The number of para-hydroxylation sites is 2. The van der Waals surface area contributed by atoms with Crippen LogP contribution in [0.2, 0.25) is 0 Å². The number of anilines is 1. The average molecular weight is 382 g/mol. The van der Waals surface area contributed by atoms with Crippen molar-refractivity contribution >= 4 is 27.8 Å². The number of nitrogens with two attached hydrogens (primary N) is 1. The van der Waals surface area contributed by atoms with E-state index in [4.69, 9.17) is 10.7 Å². The summed E-state index contributed by atoms with van der Waals surface area (Å²) in [4.78, 5) is 26.9. The zero-order valence-corrected chi connectivity index (χ0v) is 15.7. The van der Waals surface area contributed by atoms with Gasteiger partial charge in [0, 0.05) is 6.20 Å². The van der Waals surface area contributed by atoms with E-state index in [0.29, 0.717) is 22.5 Å². The van der Waals surface area contributed by atoms with Crippen LogP contribution in [-0.4, -0.2) is 24.1 Å². The van der Waals surface area contributed by atoms with Crippen molar-refractivity contribution in [2.45, 2.75) is 13.0 Å². The monoisotopic (exact) mass is 382 g/mol. The third-order valence-corrected chi connectivity index (χ3v) is 5.10. The van der Waals surface area contributed by atoms with Crippen molar-refractivity contribution in [3.05, 3.63) is 89.4 Å². The van der Waals surface area contributed by atoms with Crippen LogP contribution >= 0.6 is 0 Å². The maximum Gasteiger partial charge on any atom is 0.284 e. The molecule has 0 aliphatic carbocycles. The van der Waals surface area contributed by atoms with E-state index in [9.17, 15) is 4.79 Å². The topological polar surface area (TPSA) is 91.6 Å². The van der Waals surface area contributed by atoms with Gasteiger partial charge in [0.05, 0.1) is 34.8 Å². The van der Waals surface area contributed by atoms with Crippen LogP contribution in [0.1, 0.15) is 18.8 Å². The summed E-state index contributed by atoms with van der Waals surface area (Å²) < 4.78 is 3.60. The van der Waals surface area contributed by atoms with E-state index in [2.05, 4.69) is 9.97 Å². The van der Waals surface area contributed by atoms with Gasteiger partial charge in [-0.15, -0.1) is 0 Å². The smallest absolute Gasteiger partial charge is 0.284 e. The third-order valence-electron chi connectivity index (χ3n) is 5.10. The molecule has 0 bridgehead atoms. The van der Waals surface area contributed by atoms with E-state index in [1.54, 1.807) is 29.2 Å². The number of hydrogen-bond acceptors (Lipinski definition) is 5. The highest BCUT2D eigenvalue weighted by molar-refractivity contribution is 5.87. The number of hydrogen-bond donors (Lipinski definition) is 1. The standard InChI is InChI=1S/C22H18N6O/c1-14(27-13-25-19-16(23)9-5-11-18(19)27)21-26-17-10-6-12-24-20(17)22(29)28(21)15-7-3-2-4-8-15/h2-14H,23H2,1H3. The number of pyridine rings is 1. The summed E-state index contributed by atoms with van der Waals surface area (Å²) in [5, 5.41) is 0. The molecular formula is C22H18N6O. The molecule has 0 aliphatic rings. The summed E-state index contributed by atoms with van der Waals surface area (Å²) in [5.41, 5.74) is 9.75. The minimum Gasteiger partial charge on any atom is -0.397 e. The molecule has 2 aromatic carbocycles. The van der Waals surface area contributed by atoms with Gasteiger partial charge in [-0.25, -0.2) is 15.0 Å². The molecule has 0 amide bonds. The van der Waals surface area contributed by atoms with Crippen LogP contribution < -0.4 is 11.3 Å². The first-order valence-corrected chi connectivity index (χ1v) is 9.29. The molecule has 0 radical (unpaired) electrons. The molecule has 1 unspecified atom stereocenters. The number of rotatable bonds is 3. The zero-order valence-electron chi connectivity index (χ0n) is 15.7. The first-order valence-electron chi connectivity index (χ1n) is 9.29. The Labute approximate surface area is 166 Å². The molecule has 7 nitrogen and oxygen atoms in total. The number of benzene rings is 2. The van der Waals surface area contributed by atoms with Gasteiger partial charge in [-0.3, -0.25) is 9.36 Å².